The van der Waals surface area contributed by atoms with Gasteiger partial charge in [0.05, 0.1) is 31.9 Å². The van der Waals surface area contributed by atoms with Crippen LogP contribution in [0.1, 0.15) is 12.7 Å². The van der Waals surface area contributed by atoms with Crippen molar-refractivity contribution >= 4 is 33.7 Å². The average Bonchev–Trinajstić information content (AvgIpc) is 3.35. The van der Waals surface area contributed by atoms with Crippen molar-refractivity contribution in [3.05, 3.63) is 50.8 Å². The Hall–Kier alpha value is -4.25. The molecule has 4 heterocycles. The lowest BCUT2D eigenvalue weighted by Crippen LogP contribution is -2.42. The van der Waals surface area contributed by atoms with Crippen molar-refractivity contribution in [3.8, 4) is 11.8 Å². The van der Waals surface area contributed by atoms with E-state index in [1.807, 2.05) is 24.3 Å². The standard InChI is InChI=1S/C26H32N10O3/c1-3-4-10-34-22-21(31-26(34)32(2)11-9-27)24(37)36(17-28)35(25(22)38)16-20-29-19-8-6-5-7-18(19)23(30-20)33-12-14-39-15-13-33/h5-8H,9-17,27-28H2,1-2H3. The van der Waals surface area contributed by atoms with Crippen molar-refractivity contribution in [2.45, 2.75) is 26.7 Å². The van der Waals surface area contributed by atoms with Crippen molar-refractivity contribution in [1.82, 2.24) is 28.9 Å². The van der Waals surface area contributed by atoms with Gasteiger partial charge in [0.25, 0.3) is 11.1 Å². The zero-order valence-corrected chi connectivity index (χ0v) is 22.1. The Kier molecular flexibility index (Phi) is 7.60. The van der Waals surface area contributed by atoms with E-state index in [2.05, 4.69) is 21.7 Å². The molecule has 13 heteroatoms. The van der Waals surface area contributed by atoms with Crippen LogP contribution < -0.4 is 32.4 Å². The van der Waals surface area contributed by atoms with Gasteiger partial charge in [0.1, 0.15) is 17.9 Å². The number of nitrogens with zero attached hydrogens (tertiary/aromatic N) is 8. The van der Waals surface area contributed by atoms with Crippen molar-refractivity contribution in [1.29, 1.82) is 0 Å². The Morgan fingerprint density at radius 2 is 1.82 bits per heavy atom. The number of nitrogens with two attached hydrogens (primary N) is 2. The van der Waals surface area contributed by atoms with E-state index >= 15 is 0 Å². The van der Waals surface area contributed by atoms with E-state index in [4.69, 9.17) is 26.2 Å². The fraction of sp³-hybridized carbons (Fsp3) is 0.423. The first-order valence-electron chi connectivity index (χ1n) is 12.8. The Morgan fingerprint density at radius 1 is 1.05 bits per heavy atom. The number of ether oxygens (including phenoxy) is 1. The third-order valence-electron chi connectivity index (χ3n) is 6.74. The molecule has 1 fully saturated rings. The molecule has 1 aromatic carbocycles. The van der Waals surface area contributed by atoms with Gasteiger partial charge in [-0.1, -0.05) is 18.1 Å². The quantitative estimate of drug-likeness (QED) is 0.284. The minimum Gasteiger partial charge on any atom is -0.378 e. The molecule has 0 saturated carbocycles. The largest absolute Gasteiger partial charge is 0.378 e. The molecule has 0 spiro atoms. The second-order valence-electron chi connectivity index (χ2n) is 9.16. The van der Waals surface area contributed by atoms with Crippen molar-refractivity contribution in [3.63, 3.8) is 0 Å². The van der Waals surface area contributed by atoms with Crippen LogP contribution in [0.4, 0.5) is 11.8 Å². The molecule has 1 saturated heterocycles. The molecule has 13 nitrogen and oxygen atoms in total. The summed E-state index contributed by atoms with van der Waals surface area (Å²) in [5.41, 5.74) is 11.8. The van der Waals surface area contributed by atoms with Crippen LogP contribution in [0.15, 0.2) is 33.9 Å². The molecule has 0 radical (unpaired) electrons. The van der Waals surface area contributed by atoms with Crippen LogP contribution in [0, 0.1) is 11.8 Å². The molecule has 0 amide bonds. The van der Waals surface area contributed by atoms with Gasteiger partial charge in [-0.2, -0.15) is 0 Å². The Bertz CT molecular complexity index is 1690. The molecule has 0 bridgehead atoms. The minimum absolute atomic E-state index is 0.0342. The zero-order valence-electron chi connectivity index (χ0n) is 22.1. The van der Waals surface area contributed by atoms with E-state index in [1.54, 1.807) is 23.4 Å². The number of aromatic nitrogens is 6. The first kappa shape index (κ1) is 26.4. The van der Waals surface area contributed by atoms with Gasteiger partial charge >= 0.3 is 0 Å². The van der Waals surface area contributed by atoms with Gasteiger partial charge in [0.2, 0.25) is 5.95 Å². The van der Waals surface area contributed by atoms with E-state index < -0.39 is 11.1 Å². The lowest BCUT2D eigenvalue weighted by Gasteiger charge is -2.29. The fourth-order valence-electron chi connectivity index (χ4n) is 4.83. The number of likely N-dealkylation sites (N-methyl/N-ethyl adjacent to an activating group) is 1. The summed E-state index contributed by atoms with van der Waals surface area (Å²) in [7, 11) is 1.81. The summed E-state index contributed by atoms with van der Waals surface area (Å²) in [6, 6.07) is 7.73. The summed E-state index contributed by atoms with van der Waals surface area (Å²) in [5.74, 6) is 7.42. The number of fused-ring (bicyclic) bond motifs is 2. The van der Waals surface area contributed by atoms with Crippen LogP contribution in [0.3, 0.4) is 0 Å². The van der Waals surface area contributed by atoms with Crippen LogP contribution >= 0.6 is 0 Å². The number of morpholine rings is 1. The van der Waals surface area contributed by atoms with Crippen molar-refractivity contribution < 1.29 is 4.74 Å². The van der Waals surface area contributed by atoms with E-state index in [0.29, 0.717) is 51.2 Å². The summed E-state index contributed by atoms with van der Waals surface area (Å²) >= 11 is 0. The predicted molar refractivity (Wildman–Crippen MR) is 150 cm³/mol. The molecule has 204 valence electrons. The molecule has 39 heavy (non-hydrogen) atoms. The van der Waals surface area contributed by atoms with Crippen LogP contribution in [0.2, 0.25) is 0 Å². The van der Waals surface area contributed by atoms with Gasteiger partial charge < -0.3 is 26.0 Å². The number of imidazole rings is 1. The SMILES string of the molecule is CC#CCn1c(N(C)CCN)nc2c(=O)n(CN)n(Cc3nc(N4CCOCC4)c4ccccc4n3)c(=O)c21. The summed E-state index contributed by atoms with van der Waals surface area (Å²) < 4.78 is 9.66. The van der Waals surface area contributed by atoms with E-state index in [9.17, 15) is 9.59 Å². The molecule has 1 aliphatic rings. The van der Waals surface area contributed by atoms with E-state index in [-0.39, 0.29) is 30.8 Å². The molecule has 0 aliphatic carbocycles. The summed E-state index contributed by atoms with van der Waals surface area (Å²) in [4.78, 5) is 45.6. The summed E-state index contributed by atoms with van der Waals surface area (Å²) in [6.07, 6.45) is 0. The smallest absolute Gasteiger partial charge is 0.294 e. The molecule has 0 unspecified atom stereocenters. The van der Waals surface area contributed by atoms with E-state index in [0.717, 1.165) is 16.7 Å². The molecular formula is C26H32N10O3. The number of benzene rings is 1. The highest BCUT2D eigenvalue weighted by molar-refractivity contribution is 5.89. The molecule has 4 N–H and O–H groups in total. The highest BCUT2D eigenvalue weighted by Gasteiger charge is 2.24. The second kappa shape index (κ2) is 11.2. The van der Waals surface area contributed by atoms with Gasteiger partial charge in [0.15, 0.2) is 11.3 Å². The number of hydrogen-bond acceptors (Lipinski definition) is 10. The number of rotatable bonds is 8. The van der Waals surface area contributed by atoms with Crippen LogP contribution in [0.5, 0.6) is 0 Å². The summed E-state index contributed by atoms with van der Waals surface area (Å²) in [5, 5.41) is 0.908. The molecule has 1 aliphatic heterocycles. The normalized spacial score (nSPS) is 13.6. The third-order valence-corrected chi connectivity index (χ3v) is 6.74. The fourth-order valence-corrected chi connectivity index (χ4v) is 4.83. The van der Waals surface area contributed by atoms with E-state index in [1.165, 1.54) is 9.36 Å². The van der Waals surface area contributed by atoms with Crippen LogP contribution in [-0.4, -0.2) is 75.3 Å². The minimum atomic E-state index is -0.480. The molecular weight excluding hydrogens is 500 g/mol. The first-order valence-corrected chi connectivity index (χ1v) is 12.8. The van der Waals surface area contributed by atoms with Gasteiger partial charge in [-0.3, -0.25) is 14.2 Å². The zero-order chi connectivity index (χ0) is 27.5. The lowest BCUT2D eigenvalue weighted by molar-refractivity contribution is 0.122. The lowest BCUT2D eigenvalue weighted by atomic mass is 10.2. The van der Waals surface area contributed by atoms with Gasteiger partial charge in [-0.25, -0.2) is 24.3 Å². The van der Waals surface area contributed by atoms with Crippen LogP contribution in [0.25, 0.3) is 21.9 Å². The predicted octanol–water partition coefficient (Wildman–Crippen LogP) is -0.478. The topological polar surface area (TPSA) is 155 Å². The Morgan fingerprint density at radius 3 is 2.54 bits per heavy atom. The maximum Gasteiger partial charge on any atom is 0.294 e. The van der Waals surface area contributed by atoms with Gasteiger partial charge in [-0.05, 0) is 19.1 Å². The first-order chi connectivity index (χ1) is 19.0. The number of anilines is 2. The monoisotopic (exact) mass is 532 g/mol. The molecule has 0 atom stereocenters. The summed E-state index contributed by atoms with van der Waals surface area (Å²) in [6.45, 7) is 5.07. The number of hydrogen-bond donors (Lipinski definition) is 2. The second-order valence-corrected chi connectivity index (χ2v) is 9.16. The highest BCUT2D eigenvalue weighted by atomic mass is 16.5. The molecule has 5 rings (SSSR count). The third kappa shape index (κ3) is 4.85. The van der Waals surface area contributed by atoms with Crippen LogP contribution in [-0.2, 0) is 24.5 Å². The maximum absolute atomic E-state index is 14.0. The van der Waals surface area contributed by atoms with Gasteiger partial charge in [0, 0.05) is 38.6 Å². The highest BCUT2D eigenvalue weighted by Crippen LogP contribution is 2.25. The Labute approximate surface area is 224 Å². The molecule has 3 aromatic heterocycles. The van der Waals surface area contributed by atoms with Crippen molar-refractivity contribution in [2.75, 3.05) is 56.2 Å². The van der Waals surface area contributed by atoms with Crippen molar-refractivity contribution in [2.24, 2.45) is 11.5 Å². The van der Waals surface area contributed by atoms with Gasteiger partial charge in [-0.15, -0.1) is 5.92 Å². The maximum atomic E-state index is 14.0. The Balaban J connectivity index is 1.70. The average molecular weight is 533 g/mol. The number of para-hydroxylation sites is 1. The molecule has 4 aromatic rings.